The van der Waals surface area contributed by atoms with Crippen molar-refractivity contribution in [2.45, 2.75) is 6.92 Å². The minimum absolute atomic E-state index is 0.470. The van der Waals surface area contributed by atoms with Crippen molar-refractivity contribution >= 4 is 26.4 Å². The van der Waals surface area contributed by atoms with Crippen LogP contribution >= 0.6 is 0 Å². The second kappa shape index (κ2) is 2.55. The van der Waals surface area contributed by atoms with E-state index in [0.29, 0.717) is 3.58 Å². The molecule has 0 amide bonds. The molecule has 0 spiro atoms. The van der Waals surface area contributed by atoms with Crippen molar-refractivity contribution in [1.29, 1.82) is 0 Å². The van der Waals surface area contributed by atoms with Gasteiger partial charge in [-0.1, -0.05) is 0 Å². The number of carboxylic acid groups (broad SMARTS) is 1. The second-order valence-electron chi connectivity index (χ2n) is 1.72. The van der Waals surface area contributed by atoms with E-state index in [9.17, 15) is 4.79 Å². The first-order valence-corrected chi connectivity index (χ1v) is 4.83. The maximum absolute atomic E-state index is 10.3. The molecule has 1 rings (SSSR count). The van der Waals surface area contributed by atoms with Crippen molar-refractivity contribution in [3.8, 4) is 0 Å². The molecule has 0 atom stereocenters. The molecular formula is C6H6O2Te. The predicted octanol–water partition coefficient (Wildman–Crippen LogP) is 0.750. The Bertz CT molecular complexity index is 227. The average Bonchev–Trinajstić information content (AvgIpc) is 2.14. The van der Waals surface area contributed by atoms with E-state index in [1.54, 1.807) is 6.07 Å². The van der Waals surface area contributed by atoms with Gasteiger partial charge in [0.05, 0.1) is 0 Å². The molecular weight excluding hydrogens is 232 g/mol. The third kappa shape index (κ3) is 1.57. The van der Waals surface area contributed by atoms with Crippen LogP contribution in [0.4, 0.5) is 0 Å². The zero-order valence-electron chi connectivity index (χ0n) is 4.92. The van der Waals surface area contributed by atoms with Crippen molar-refractivity contribution in [2.24, 2.45) is 0 Å². The Balaban J connectivity index is 2.98. The summed E-state index contributed by atoms with van der Waals surface area (Å²) in [5.41, 5.74) is 0. The van der Waals surface area contributed by atoms with Crippen molar-refractivity contribution in [2.75, 3.05) is 0 Å². The molecule has 1 heterocycles. The van der Waals surface area contributed by atoms with Gasteiger partial charge >= 0.3 is 62.5 Å². The van der Waals surface area contributed by atoms with Gasteiger partial charge in [0.25, 0.3) is 0 Å². The molecule has 0 saturated heterocycles. The fourth-order valence-corrected chi connectivity index (χ4v) is 2.57. The van der Waals surface area contributed by atoms with E-state index in [4.69, 9.17) is 5.11 Å². The van der Waals surface area contributed by atoms with Crippen LogP contribution < -0.4 is 0 Å². The van der Waals surface area contributed by atoms with Gasteiger partial charge in [-0.25, -0.2) is 0 Å². The van der Waals surface area contributed by atoms with Gasteiger partial charge in [-0.05, 0) is 0 Å². The molecule has 0 aliphatic carbocycles. The Kier molecular flexibility index (Phi) is 1.94. The average molecular weight is 238 g/mol. The van der Waals surface area contributed by atoms with E-state index in [1.807, 2.05) is 13.0 Å². The molecule has 48 valence electrons. The molecule has 2 nitrogen and oxygen atoms in total. The zero-order valence-corrected chi connectivity index (χ0v) is 7.25. The number of hydrogen-bond donors (Lipinski definition) is 1. The summed E-state index contributed by atoms with van der Waals surface area (Å²) in [6, 6.07) is 3.60. The topological polar surface area (TPSA) is 37.3 Å². The van der Waals surface area contributed by atoms with E-state index >= 15 is 0 Å². The monoisotopic (exact) mass is 240 g/mol. The van der Waals surface area contributed by atoms with Crippen molar-refractivity contribution in [1.82, 2.24) is 0 Å². The van der Waals surface area contributed by atoms with Crippen LogP contribution in [-0.4, -0.2) is 31.5 Å². The Morgan fingerprint density at radius 2 is 2.33 bits per heavy atom. The van der Waals surface area contributed by atoms with Crippen LogP contribution in [0.5, 0.6) is 0 Å². The predicted molar refractivity (Wildman–Crippen MR) is 35.1 cm³/mol. The number of carboxylic acids is 1. The SMILES string of the molecule is Cc1ccc(C(=O)O)[te]1. The van der Waals surface area contributed by atoms with Crippen LogP contribution in [0, 0.1) is 6.92 Å². The van der Waals surface area contributed by atoms with Gasteiger partial charge in [0.1, 0.15) is 0 Å². The summed E-state index contributed by atoms with van der Waals surface area (Å²) in [4.78, 5) is 10.3. The Morgan fingerprint density at radius 3 is 2.56 bits per heavy atom. The van der Waals surface area contributed by atoms with E-state index in [1.165, 1.54) is 3.58 Å². The summed E-state index contributed by atoms with van der Waals surface area (Å²) in [6.45, 7) is 1.98. The van der Waals surface area contributed by atoms with Gasteiger partial charge in [-0.15, -0.1) is 0 Å². The van der Waals surface area contributed by atoms with Gasteiger partial charge in [0.2, 0.25) is 0 Å². The minimum atomic E-state index is -0.745. The van der Waals surface area contributed by atoms with E-state index in [2.05, 4.69) is 0 Å². The molecule has 1 N–H and O–H groups in total. The van der Waals surface area contributed by atoms with Crippen LogP contribution in [-0.2, 0) is 0 Å². The molecule has 0 radical (unpaired) electrons. The van der Waals surface area contributed by atoms with E-state index in [0.717, 1.165) is 0 Å². The molecule has 0 fully saturated rings. The second-order valence-corrected chi connectivity index (χ2v) is 5.39. The van der Waals surface area contributed by atoms with Crippen molar-refractivity contribution in [3.63, 3.8) is 0 Å². The quantitative estimate of drug-likeness (QED) is 0.732. The normalized spacial score (nSPS) is 9.44. The number of aryl methyl sites for hydroxylation is 1. The summed E-state index contributed by atoms with van der Waals surface area (Å²) >= 11 is -0.470. The van der Waals surface area contributed by atoms with Crippen LogP contribution in [0.15, 0.2) is 12.1 Å². The zero-order chi connectivity index (χ0) is 6.85. The fourth-order valence-electron chi connectivity index (χ4n) is 0.549. The van der Waals surface area contributed by atoms with Crippen molar-refractivity contribution in [3.05, 3.63) is 19.3 Å². The molecule has 0 aliphatic rings. The molecule has 3 heteroatoms. The summed E-state index contributed by atoms with van der Waals surface area (Å²) in [6.07, 6.45) is 0. The van der Waals surface area contributed by atoms with Crippen LogP contribution in [0.1, 0.15) is 12.0 Å². The number of carbonyl (C=O) groups is 1. The molecule has 1 aromatic heterocycles. The first-order chi connectivity index (χ1) is 4.20. The van der Waals surface area contributed by atoms with Gasteiger partial charge in [0.15, 0.2) is 0 Å². The first-order valence-electron chi connectivity index (χ1n) is 2.50. The number of rotatable bonds is 1. The molecule has 1 aromatic rings. The standard InChI is InChI=1S/C6H6O2Te/c1-4-2-3-5(9-4)6(7)8/h2-3H,1H3,(H,7,8). The molecule has 0 saturated carbocycles. The third-order valence-corrected chi connectivity index (χ3v) is 3.77. The first kappa shape index (κ1) is 6.85. The molecule has 0 bridgehead atoms. The van der Waals surface area contributed by atoms with Crippen molar-refractivity contribution < 1.29 is 9.90 Å². The molecule has 9 heavy (non-hydrogen) atoms. The molecule has 0 unspecified atom stereocenters. The van der Waals surface area contributed by atoms with Crippen LogP contribution in [0.2, 0.25) is 0 Å². The van der Waals surface area contributed by atoms with Crippen LogP contribution in [0.3, 0.4) is 0 Å². The van der Waals surface area contributed by atoms with Crippen LogP contribution in [0.25, 0.3) is 0 Å². The number of hydrogen-bond acceptors (Lipinski definition) is 1. The molecule has 0 aliphatic heterocycles. The van der Waals surface area contributed by atoms with Gasteiger partial charge < -0.3 is 0 Å². The summed E-state index contributed by atoms with van der Waals surface area (Å²) in [5.74, 6) is -0.745. The van der Waals surface area contributed by atoms with E-state index < -0.39 is 26.4 Å². The Morgan fingerprint density at radius 1 is 1.67 bits per heavy atom. The Labute approximate surface area is 62.7 Å². The maximum atomic E-state index is 10.3. The fraction of sp³-hybridized carbons (Fsp3) is 0.167. The van der Waals surface area contributed by atoms with E-state index in [-0.39, 0.29) is 0 Å². The van der Waals surface area contributed by atoms with Gasteiger partial charge in [-0.2, -0.15) is 0 Å². The number of aromatic carboxylic acids is 1. The summed E-state index contributed by atoms with van der Waals surface area (Å²) < 4.78 is 1.87. The van der Waals surface area contributed by atoms with Gasteiger partial charge in [0, 0.05) is 0 Å². The molecule has 0 aromatic carbocycles. The third-order valence-electron chi connectivity index (χ3n) is 0.951. The summed E-state index contributed by atoms with van der Waals surface area (Å²) in [5, 5.41) is 8.46. The Hall–Kier alpha value is -0.260. The summed E-state index contributed by atoms with van der Waals surface area (Å²) in [7, 11) is 0. The van der Waals surface area contributed by atoms with Gasteiger partial charge in [-0.3, -0.25) is 0 Å².